The van der Waals surface area contributed by atoms with E-state index in [1.165, 1.54) is 6.21 Å². The van der Waals surface area contributed by atoms with Gasteiger partial charge in [-0.25, -0.2) is 4.79 Å². The van der Waals surface area contributed by atoms with Crippen LogP contribution in [0.1, 0.15) is 22.5 Å². The minimum Gasteiger partial charge on any atom is -0.489 e. The van der Waals surface area contributed by atoms with Crippen molar-refractivity contribution in [2.75, 3.05) is 0 Å². The predicted octanol–water partition coefficient (Wildman–Crippen LogP) is 5.21. The third-order valence-electron chi connectivity index (χ3n) is 6.01. The van der Waals surface area contributed by atoms with Gasteiger partial charge in [-0.3, -0.25) is 4.79 Å². The van der Waals surface area contributed by atoms with E-state index in [1.54, 1.807) is 24.3 Å². The van der Waals surface area contributed by atoms with Crippen LogP contribution in [-0.4, -0.2) is 20.4 Å². The lowest BCUT2D eigenvalue weighted by Crippen LogP contribution is -2.32. The maximum absolute atomic E-state index is 12.7. The maximum Gasteiger partial charge on any atom is 0.349 e. The van der Waals surface area contributed by atoms with Crippen molar-refractivity contribution < 1.29 is 4.74 Å². The molecule has 7 nitrogen and oxygen atoms in total. The standard InChI is InChI=1S/C28H23ClN4O3/c1-18-15-21(16-30-33-27(34)24-8-4-6-10-26(24)31-28(33)35)19(2)32(18)22-11-13-23(14-12-22)36-17-20-7-3-5-9-25(20)29/h3-16H,17H2,1-2H3,(H,31,35). The van der Waals surface area contributed by atoms with Crippen LogP contribution < -0.4 is 16.0 Å². The van der Waals surface area contributed by atoms with Gasteiger partial charge in [-0.15, -0.1) is 4.68 Å². The molecule has 180 valence electrons. The number of para-hydroxylation sites is 1. The van der Waals surface area contributed by atoms with E-state index in [1.807, 2.05) is 68.4 Å². The number of halogens is 1. The Morgan fingerprint density at radius 1 is 0.972 bits per heavy atom. The van der Waals surface area contributed by atoms with E-state index in [0.717, 1.165) is 38.6 Å². The lowest BCUT2D eigenvalue weighted by Gasteiger charge is -2.12. The molecule has 2 heterocycles. The number of benzene rings is 3. The van der Waals surface area contributed by atoms with E-state index in [4.69, 9.17) is 16.3 Å². The van der Waals surface area contributed by atoms with Crippen LogP contribution in [-0.2, 0) is 6.61 Å². The summed E-state index contributed by atoms with van der Waals surface area (Å²) in [4.78, 5) is 27.9. The highest BCUT2D eigenvalue weighted by Crippen LogP contribution is 2.23. The van der Waals surface area contributed by atoms with E-state index in [9.17, 15) is 9.59 Å². The van der Waals surface area contributed by atoms with Gasteiger partial charge in [-0.2, -0.15) is 5.10 Å². The van der Waals surface area contributed by atoms with Crippen molar-refractivity contribution >= 4 is 28.7 Å². The first kappa shape index (κ1) is 23.4. The smallest absolute Gasteiger partial charge is 0.349 e. The number of nitrogens with one attached hydrogen (secondary N) is 1. The number of aryl methyl sites for hydroxylation is 1. The van der Waals surface area contributed by atoms with Gasteiger partial charge in [-0.05, 0) is 62.4 Å². The molecule has 8 heteroatoms. The van der Waals surface area contributed by atoms with Gasteiger partial charge in [0.05, 0.1) is 17.1 Å². The molecule has 5 rings (SSSR count). The number of aromatic amines is 1. The topological polar surface area (TPSA) is 81.4 Å². The molecule has 2 aromatic heterocycles. The van der Waals surface area contributed by atoms with Crippen LogP contribution in [0.3, 0.4) is 0 Å². The summed E-state index contributed by atoms with van der Waals surface area (Å²) >= 11 is 6.21. The molecule has 0 atom stereocenters. The molecule has 3 aromatic carbocycles. The zero-order chi connectivity index (χ0) is 25.2. The van der Waals surface area contributed by atoms with Gasteiger partial charge in [0, 0.05) is 33.2 Å². The normalized spacial score (nSPS) is 11.4. The van der Waals surface area contributed by atoms with Crippen molar-refractivity contribution in [3.05, 3.63) is 127 Å². The molecule has 0 aliphatic heterocycles. The van der Waals surface area contributed by atoms with Gasteiger partial charge in [0.15, 0.2) is 0 Å². The van der Waals surface area contributed by atoms with Crippen molar-refractivity contribution in [3.63, 3.8) is 0 Å². The summed E-state index contributed by atoms with van der Waals surface area (Å²) in [5.41, 5.74) is 4.01. The van der Waals surface area contributed by atoms with Crippen LogP contribution in [0.2, 0.25) is 5.02 Å². The van der Waals surface area contributed by atoms with Crippen LogP contribution in [0.5, 0.6) is 5.75 Å². The molecule has 0 aliphatic rings. The van der Waals surface area contributed by atoms with Crippen LogP contribution in [0.4, 0.5) is 0 Å². The quantitative estimate of drug-likeness (QED) is 0.326. The molecule has 5 aromatic rings. The zero-order valence-corrected chi connectivity index (χ0v) is 20.5. The Hall–Kier alpha value is -4.36. The maximum atomic E-state index is 12.7. The molecule has 0 fully saturated rings. The lowest BCUT2D eigenvalue weighted by molar-refractivity contribution is 0.306. The fourth-order valence-corrected chi connectivity index (χ4v) is 4.35. The Kier molecular flexibility index (Phi) is 6.31. The second kappa shape index (κ2) is 9.71. The minimum absolute atomic E-state index is 0.383. The van der Waals surface area contributed by atoms with E-state index in [2.05, 4.69) is 14.7 Å². The van der Waals surface area contributed by atoms with Gasteiger partial charge in [0.25, 0.3) is 5.56 Å². The molecule has 36 heavy (non-hydrogen) atoms. The lowest BCUT2D eigenvalue weighted by atomic mass is 10.2. The summed E-state index contributed by atoms with van der Waals surface area (Å²) in [5, 5.41) is 5.28. The number of aromatic nitrogens is 3. The summed E-state index contributed by atoms with van der Waals surface area (Å²) < 4.78 is 8.81. The SMILES string of the molecule is Cc1cc(C=Nn2c(=O)[nH]c3ccccc3c2=O)c(C)n1-c1ccc(OCc2ccccc2Cl)cc1. The van der Waals surface area contributed by atoms with Crippen molar-refractivity contribution in [1.29, 1.82) is 0 Å². The molecule has 0 saturated carbocycles. The molecule has 1 N–H and O–H groups in total. The molecule has 0 bridgehead atoms. The van der Waals surface area contributed by atoms with Crippen LogP contribution in [0.25, 0.3) is 16.6 Å². The third kappa shape index (κ3) is 4.48. The van der Waals surface area contributed by atoms with E-state index in [0.29, 0.717) is 22.5 Å². The summed E-state index contributed by atoms with van der Waals surface area (Å²) in [6, 6.07) is 24.2. The Bertz CT molecular complexity index is 1710. The summed E-state index contributed by atoms with van der Waals surface area (Å²) in [6.45, 7) is 4.33. The molecule has 0 saturated heterocycles. The van der Waals surface area contributed by atoms with Crippen LogP contribution in [0, 0.1) is 13.8 Å². The van der Waals surface area contributed by atoms with Crippen molar-refractivity contribution in [1.82, 2.24) is 14.2 Å². The van der Waals surface area contributed by atoms with Crippen molar-refractivity contribution in [3.8, 4) is 11.4 Å². The highest BCUT2D eigenvalue weighted by molar-refractivity contribution is 6.31. The zero-order valence-electron chi connectivity index (χ0n) is 19.7. The highest BCUT2D eigenvalue weighted by Gasteiger charge is 2.11. The summed E-state index contributed by atoms with van der Waals surface area (Å²) in [7, 11) is 0. The number of rotatable bonds is 6. The van der Waals surface area contributed by atoms with E-state index in [-0.39, 0.29) is 0 Å². The molecule has 0 spiro atoms. The number of hydrogen-bond acceptors (Lipinski definition) is 4. The fourth-order valence-electron chi connectivity index (χ4n) is 4.16. The average Bonchev–Trinajstić information content (AvgIpc) is 3.16. The second-order valence-electron chi connectivity index (χ2n) is 8.37. The Labute approximate surface area is 211 Å². The summed E-state index contributed by atoms with van der Waals surface area (Å²) in [5.74, 6) is 0.734. The Balaban J connectivity index is 1.39. The first-order valence-corrected chi connectivity index (χ1v) is 11.7. The second-order valence-corrected chi connectivity index (χ2v) is 8.78. The molecule has 0 aliphatic carbocycles. The average molecular weight is 499 g/mol. The Morgan fingerprint density at radius 3 is 2.47 bits per heavy atom. The molecule has 0 radical (unpaired) electrons. The molecule has 0 amide bonds. The molecular weight excluding hydrogens is 476 g/mol. The van der Waals surface area contributed by atoms with Crippen LogP contribution >= 0.6 is 11.6 Å². The fraction of sp³-hybridized carbons (Fsp3) is 0.107. The monoisotopic (exact) mass is 498 g/mol. The molecular formula is C28H23ClN4O3. The number of fused-ring (bicyclic) bond motifs is 1. The summed E-state index contributed by atoms with van der Waals surface area (Å²) in [6.07, 6.45) is 1.53. The van der Waals surface area contributed by atoms with Crippen molar-refractivity contribution in [2.45, 2.75) is 20.5 Å². The number of H-pyrrole nitrogens is 1. The van der Waals surface area contributed by atoms with Gasteiger partial charge in [-0.1, -0.05) is 41.9 Å². The van der Waals surface area contributed by atoms with Gasteiger partial charge in [0.1, 0.15) is 12.4 Å². The van der Waals surface area contributed by atoms with E-state index < -0.39 is 11.2 Å². The van der Waals surface area contributed by atoms with Gasteiger partial charge < -0.3 is 14.3 Å². The minimum atomic E-state index is -0.587. The number of nitrogens with zero attached hydrogens (tertiary/aromatic N) is 3. The first-order chi connectivity index (χ1) is 17.4. The largest absolute Gasteiger partial charge is 0.489 e. The third-order valence-corrected chi connectivity index (χ3v) is 6.38. The first-order valence-electron chi connectivity index (χ1n) is 11.4. The highest BCUT2D eigenvalue weighted by atomic mass is 35.5. The van der Waals surface area contributed by atoms with Crippen molar-refractivity contribution in [2.24, 2.45) is 5.10 Å². The van der Waals surface area contributed by atoms with Gasteiger partial charge in [0.2, 0.25) is 0 Å². The predicted molar refractivity (Wildman–Crippen MR) is 143 cm³/mol. The van der Waals surface area contributed by atoms with Crippen LogP contribution in [0.15, 0.2) is 93.6 Å². The van der Waals surface area contributed by atoms with Gasteiger partial charge >= 0.3 is 5.69 Å². The Morgan fingerprint density at radius 2 is 1.69 bits per heavy atom. The number of ether oxygens (including phenoxy) is 1. The number of hydrogen-bond donors (Lipinski definition) is 1. The molecule has 0 unspecified atom stereocenters. The van der Waals surface area contributed by atoms with E-state index >= 15 is 0 Å².